The first-order valence-electron chi connectivity index (χ1n) is 12.7. The van der Waals surface area contributed by atoms with Crippen LogP contribution in [-0.4, -0.2) is 64.4 Å². The third-order valence-corrected chi connectivity index (χ3v) is 6.13. The molecule has 39 heavy (non-hydrogen) atoms. The minimum Gasteiger partial charge on any atom is -0.508 e. The molecule has 3 N–H and O–H groups in total. The molecule has 11 heteroatoms. The molecule has 1 aliphatic rings. The van der Waals surface area contributed by atoms with Crippen molar-refractivity contribution >= 4 is 23.1 Å². The van der Waals surface area contributed by atoms with E-state index in [4.69, 9.17) is 4.74 Å². The van der Waals surface area contributed by atoms with E-state index in [1.165, 1.54) is 0 Å². The van der Waals surface area contributed by atoms with E-state index in [0.717, 1.165) is 67.2 Å². The highest BCUT2D eigenvalue weighted by Crippen LogP contribution is 2.25. The molecule has 200 valence electrons. The molecule has 0 spiro atoms. The zero-order valence-corrected chi connectivity index (χ0v) is 21.3. The average Bonchev–Trinajstić information content (AvgIpc) is 2.96. The van der Waals surface area contributed by atoms with E-state index < -0.39 is 5.82 Å². The SMILES string of the molecule is Oc1cccc(-c2ccc(Nc3ccc(CN=Nc4ncc(F)c(NCCN5CCOCC5)n4)nc3)cc2)c1. The van der Waals surface area contributed by atoms with Crippen LogP contribution >= 0.6 is 0 Å². The number of phenolic OH excluding ortho intramolecular Hbond substituents is 1. The van der Waals surface area contributed by atoms with E-state index in [-0.39, 0.29) is 24.1 Å². The summed E-state index contributed by atoms with van der Waals surface area (Å²) < 4.78 is 19.4. The molecular formula is C28H29FN8O2. The Hall–Kier alpha value is -4.48. The van der Waals surface area contributed by atoms with Gasteiger partial charge in [0, 0.05) is 31.9 Å². The molecule has 3 heterocycles. The summed E-state index contributed by atoms with van der Waals surface area (Å²) >= 11 is 0. The molecule has 1 fully saturated rings. The highest BCUT2D eigenvalue weighted by Gasteiger charge is 2.11. The van der Waals surface area contributed by atoms with Gasteiger partial charge in [-0.1, -0.05) is 24.3 Å². The lowest BCUT2D eigenvalue weighted by atomic mass is 10.1. The number of rotatable bonds is 10. The fourth-order valence-corrected chi connectivity index (χ4v) is 4.05. The molecule has 5 rings (SSSR count). The summed E-state index contributed by atoms with van der Waals surface area (Å²) in [6.45, 7) is 4.73. The van der Waals surface area contributed by atoms with Crippen LogP contribution in [0.15, 0.2) is 83.3 Å². The summed E-state index contributed by atoms with van der Waals surface area (Å²) in [7, 11) is 0. The Morgan fingerprint density at radius 2 is 1.77 bits per heavy atom. The summed E-state index contributed by atoms with van der Waals surface area (Å²) in [5, 5.41) is 24.2. The van der Waals surface area contributed by atoms with Crippen molar-refractivity contribution in [2.45, 2.75) is 6.54 Å². The van der Waals surface area contributed by atoms with Crippen LogP contribution < -0.4 is 10.6 Å². The molecule has 10 nitrogen and oxygen atoms in total. The zero-order chi connectivity index (χ0) is 26.9. The van der Waals surface area contributed by atoms with Crippen molar-refractivity contribution in [3.05, 3.63) is 84.6 Å². The Balaban J connectivity index is 1.11. The van der Waals surface area contributed by atoms with Gasteiger partial charge in [-0.15, -0.1) is 5.11 Å². The normalized spacial score (nSPS) is 14.0. The summed E-state index contributed by atoms with van der Waals surface area (Å²) in [4.78, 5) is 14.7. The number of pyridine rings is 1. The Bertz CT molecular complexity index is 1390. The first-order chi connectivity index (χ1) is 19.1. The number of halogens is 1. The van der Waals surface area contributed by atoms with Crippen molar-refractivity contribution in [1.29, 1.82) is 0 Å². The van der Waals surface area contributed by atoms with E-state index in [9.17, 15) is 9.50 Å². The van der Waals surface area contributed by atoms with Gasteiger partial charge in [0.1, 0.15) is 12.3 Å². The maximum Gasteiger partial charge on any atom is 0.270 e. The van der Waals surface area contributed by atoms with Crippen LogP contribution in [0, 0.1) is 5.82 Å². The number of nitrogens with one attached hydrogen (secondary N) is 2. The highest BCUT2D eigenvalue weighted by molar-refractivity contribution is 5.69. The lowest BCUT2D eigenvalue weighted by Crippen LogP contribution is -2.39. The van der Waals surface area contributed by atoms with Crippen LogP contribution in [0.1, 0.15) is 5.69 Å². The summed E-state index contributed by atoms with van der Waals surface area (Å²) in [6, 6.07) is 18.8. The molecular weight excluding hydrogens is 499 g/mol. The molecule has 0 unspecified atom stereocenters. The lowest BCUT2D eigenvalue weighted by molar-refractivity contribution is 0.0398. The van der Waals surface area contributed by atoms with Crippen LogP contribution in [-0.2, 0) is 11.3 Å². The predicted octanol–water partition coefficient (Wildman–Crippen LogP) is 5.15. The molecule has 0 atom stereocenters. The van der Waals surface area contributed by atoms with E-state index in [2.05, 4.69) is 40.7 Å². The van der Waals surface area contributed by atoms with Gasteiger partial charge in [0.2, 0.25) is 0 Å². The number of benzene rings is 2. The molecule has 1 aliphatic heterocycles. The van der Waals surface area contributed by atoms with Crippen LogP contribution in [0.4, 0.5) is 27.5 Å². The van der Waals surface area contributed by atoms with Crippen molar-refractivity contribution in [2.75, 3.05) is 50.0 Å². The summed E-state index contributed by atoms with van der Waals surface area (Å²) in [5.74, 6) is -0.106. The van der Waals surface area contributed by atoms with Gasteiger partial charge in [0.25, 0.3) is 5.95 Å². The highest BCUT2D eigenvalue weighted by atomic mass is 19.1. The van der Waals surface area contributed by atoms with Gasteiger partial charge in [0.15, 0.2) is 11.6 Å². The van der Waals surface area contributed by atoms with Crippen molar-refractivity contribution in [3.63, 3.8) is 0 Å². The van der Waals surface area contributed by atoms with E-state index in [1.54, 1.807) is 18.3 Å². The quantitative estimate of drug-likeness (QED) is 0.242. The maximum absolute atomic E-state index is 14.1. The van der Waals surface area contributed by atoms with E-state index in [0.29, 0.717) is 6.54 Å². The fraction of sp³-hybridized carbons (Fsp3) is 0.250. The second kappa shape index (κ2) is 12.9. The van der Waals surface area contributed by atoms with Crippen LogP contribution in [0.25, 0.3) is 11.1 Å². The third kappa shape index (κ3) is 7.53. The van der Waals surface area contributed by atoms with Crippen LogP contribution in [0.2, 0.25) is 0 Å². The van der Waals surface area contributed by atoms with Gasteiger partial charge in [-0.05, 0) is 47.5 Å². The number of azo groups is 1. The molecule has 2 aromatic carbocycles. The number of ether oxygens (including phenoxy) is 1. The number of anilines is 3. The minimum atomic E-state index is -0.533. The number of nitrogens with zero attached hydrogens (tertiary/aromatic N) is 6. The molecule has 1 saturated heterocycles. The average molecular weight is 529 g/mol. The number of hydrogen-bond donors (Lipinski definition) is 3. The minimum absolute atomic E-state index is 0.0812. The van der Waals surface area contributed by atoms with E-state index >= 15 is 0 Å². The van der Waals surface area contributed by atoms with Crippen molar-refractivity contribution in [2.24, 2.45) is 10.2 Å². The van der Waals surface area contributed by atoms with Crippen molar-refractivity contribution in [1.82, 2.24) is 19.9 Å². The number of aromatic hydroxyl groups is 1. The molecule has 0 radical (unpaired) electrons. The Morgan fingerprint density at radius 3 is 2.54 bits per heavy atom. The zero-order valence-electron chi connectivity index (χ0n) is 21.3. The summed E-state index contributed by atoms with van der Waals surface area (Å²) in [5.41, 5.74) is 4.42. The van der Waals surface area contributed by atoms with Crippen LogP contribution in [0.5, 0.6) is 5.75 Å². The smallest absolute Gasteiger partial charge is 0.270 e. The van der Waals surface area contributed by atoms with Crippen molar-refractivity contribution in [3.8, 4) is 16.9 Å². The van der Waals surface area contributed by atoms with Gasteiger partial charge >= 0.3 is 0 Å². The van der Waals surface area contributed by atoms with E-state index in [1.807, 2.05) is 48.5 Å². The largest absolute Gasteiger partial charge is 0.508 e. The van der Waals surface area contributed by atoms with Gasteiger partial charge in [-0.3, -0.25) is 9.88 Å². The van der Waals surface area contributed by atoms with Crippen LogP contribution in [0.3, 0.4) is 0 Å². The molecule has 0 aliphatic carbocycles. The molecule has 0 bridgehead atoms. The van der Waals surface area contributed by atoms with Gasteiger partial charge in [-0.2, -0.15) is 10.1 Å². The Kier molecular flexibility index (Phi) is 8.61. The van der Waals surface area contributed by atoms with Gasteiger partial charge in [0.05, 0.1) is 37.0 Å². The second-order valence-electron chi connectivity index (χ2n) is 8.94. The van der Waals surface area contributed by atoms with Gasteiger partial charge < -0.3 is 20.5 Å². The molecule has 4 aromatic rings. The van der Waals surface area contributed by atoms with Crippen molar-refractivity contribution < 1.29 is 14.2 Å². The first-order valence-corrected chi connectivity index (χ1v) is 12.7. The fourth-order valence-electron chi connectivity index (χ4n) is 4.05. The Morgan fingerprint density at radius 1 is 0.949 bits per heavy atom. The molecule has 0 amide bonds. The summed E-state index contributed by atoms with van der Waals surface area (Å²) in [6.07, 6.45) is 2.81. The number of hydrogen-bond acceptors (Lipinski definition) is 10. The second-order valence-corrected chi connectivity index (χ2v) is 8.94. The molecule has 2 aromatic heterocycles. The standard InChI is InChI=1S/C28H29FN8O2/c29-26-19-32-28(35-27(26)30-10-11-37-12-14-39-15-13-37)36-33-18-23-8-9-24(17-31-23)34-22-6-4-20(5-7-22)21-2-1-3-25(38)16-21/h1-9,16-17,19,34,38H,10-15,18H2,(H,30,32,35). The lowest BCUT2D eigenvalue weighted by Gasteiger charge is -2.26. The first kappa shape index (κ1) is 26.1. The predicted molar refractivity (Wildman–Crippen MR) is 147 cm³/mol. The number of morpholine rings is 1. The number of aromatic nitrogens is 3. The number of phenols is 1. The topological polar surface area (TPSA) is 120 Å². The molecule has 0 saturated carbocycles. The third-order valence-electron chi connectivity index (χ3n) is 6.13. The monoisotopic (exact) mass is 528 g/mol. The Labute approximate surface area is 225 Å². The van der Waals surface area contributed by atoms with Gasteiger partial charge in [-0.25, -0.2) is 9.37 Å². The maximum atomic E-state index is 14.1.